The van der Waals surface area contributed by atoms with Gasteiger partial charge in [-0.25, -0.2) is 0 Å². The van der Waals surface area contributed by atoms with Crippen molar-refractivity contribution in [2.45, 2.75) is 13.8 Å². The largest absolute Gasteiger partial charge is 0.508 e. The molecule has 0 aliphatic carbocycles. The highest BCUT2D eigenvalue weighted by Crippen LogP contribution is 2.31. The molecule has 0 unspecified atom stereocenters. The highest BCUT2D eigenvalue weighted by molar-refractivity contribution is 6.05. The summed E-state index contributed by atoms with van der Waals surface area (Å²) in [4.78, 5) is 12.8. The summed E-state index contributed by atoms with van der Waals surface area (Å²) in [6.07, 6.45) is 0. The molecule has 0 aliphatic rings. The number of ether oxygens (including phenoxy) is 1. The van der Waals surface area contributed by atoms with Gasteiger partial charge in [0.1, 0.15) is 11.5 Å². The minimum absolute atomic E-state index is 0.180. The van der Waals surface area contributed by atoms with E-state index in [-0.39, 0.29) is 11.7 Å². The number of benzene rings is 4. The Morgan fingerprint density at radius 3 is 2.03 bits per heavy atom. The maximum Gasteiger partial charge on any atom is 0.255 e. The minimum atomic E-state index is -0.291. The van der Waals surface area contributed by atoms with Crippen molar-refractivity contribution in [1.29, 1.82) is 0 Å². The number of anilines is 1. The van der Waals surface area contributed by atoms with Gasteiger partial charge in [-0.05, 0) is 86.1 Å². The lowest BCUT2D eigenvalue weighted by molar-refractivity contribution is 0.102. The van der Waals surface area contributed by atoms with E-state index in [1.165, 1.54) is 7.11 Å². The molecule has 4 rings (SSSR count). The summed E-state index contributed by atoms with van der Waals surface area (Å²) in [5, 5.41) is 29.3. The van der Waals surface area contributed by atoms with Crippen molar-refractivity contribution in [2.75, 3.05) is 12.4 Å². The Bertz CT molecular complexity index is 1430. The van der Waals surface area contributed by atoms with Crippen LogP contribution in [0.2, 0.25) is 0 Å². The molecule has 4 aromatic rings. The molecule has 180 valence electrons. The number of nitrogens with zero attached hydrogens (tertiary/aromatic N) is 4. The molecule has 2 N–H and O–H groups in total. The Kier molecular flexibility index (Phi) is 7.45. The quantitative estimate of drug-likeness (QED) is 0.261. The van der Waals surface area contributed by atoms with E-state index >= 15 is 0 Å². The molecule has 0 fully saturated rings. The maximum atomic E-state index is 12.8. The molecule has 4 aromatic carbocycles. The molecule has 0 atom stereocenters. The summed E-state index contributed by atoms with van der Waals surface area (Å²) in [7, 11) is 1.53. The van der Waals surface area contributed by atoms with Crippen molar-refractivity contribution >= 4 is 34.3 Å². The highest BCUT2D eigenvalue weighted by Gasteiger charge is 2.11. The van der Waals surface area contributed by atoms with E-state index in [1.807, 2.05) is 38.1 Å². The third-order valence-electron chi connectivity index (χ3n) is 5.33. The van der Waals surface area contributed by atoms with E-state index in [0.717, 1.165) is 16.8 Å². The molecule has 0 saturated carbocycles. The summed E-state index contributed by atoms with van der Waals surface area (Å²) in [6.45, 7) is 3.86. The van der Waals surface area contributed by atoms with E-state index in [4.69, 9.17) is 4.74 Å². The van der Waals surface area contributed by atoms with Gasteiger partial charge in [0.25, 0.3) is 5.91 Å². The topological polar surface area (TPSA) is 108 Å². The van der Waals surface area contributed by atoms with Crippen LogP contribution >= 0.6 is 0 Å². The van der Waals surface area contributed by atoms with Crippen LogP contribution in [-0.4, -0.2) is 18.1 Å². The second-order valence-electron chi connectivity index (χ2n) is 8.09. The number of carbonyl (C=O) groups excluding carboxylic acids is 1. The van der Waals surface area contributed by atoms with Crippen molar-refractivity contribution in [3.8, 4) is 11.5 Å². The first kappa shape index (κ1) is 24.3. The molecule has 0 aromatic heterocycles. The molecule has 0 radical (unpaired) electrons. The zero-order valence-corrected chi connectivity index (χ0v) is 20.1. The smallest absolute Gasteiger partial charge is 0.255 e. The van der Waals surface area contributed by atoms with Crippen LogP contribution in [0.1, 0.15) is 21.5 Å². The lowest BCUT2D eigenvalue weighted by atomic mass is 10.2. The van der Waals surface area contributed by atoms with E-state index in [9.17, 15) is 9.90 Å². The number of phenolic OH excluding ortho intramolecular Hbond substituents is 1. The summed E-state index contributed by atoms with van der Waals surface area (Å²) < 4.78 is 5.44. The number of carbonyl (C=O) groups is 1. The molecular formula is C28H25N5O3. The summed E-state index contributed by atoms with van der Waals surface area (Å²) in [6, 6.07) is 24.6. The number of aromatic hydroxyl groups is 1. The third kappa shape index (κ3) is 6.18. The van der Waals surface area contributed by atoms with Crippen LogP contribution in [0.5, 0.6) is 11.5 Å². The Balaban J connectivity index is 1.43. The SMILES string of the molecule is COc1cc(N=Nc2ccc(C)cc2)ccc1NC(=O)c1ccc(N=Nc2ccc(O)cc2C)cc1. The standard InChI is InChI=1S/C28H25N5O3/c1-18-4-8-21(9-5-18)30-32-23-12-14-26(27(17-23)36-3)29-28(35)20-6-10-22(11-7-20)31-33-25-15-13-24(34)16-19(25)2/h4-17,34H,1-3H3,(H,29,35). The van der Waals surface area contributed by atoms with Gasteiger partial charge in [0.2, 0.25) is 0 Å². The Hall–Kier alpha value is -4.85. The van der Waals surface area contributed by atoms with Crippen LogP contribution in [0.4, 0.5) is 28.4 Å². The van der Waals surface area contributed by atoms with E-state index in [0.29, 0.717) is 34.1 Å². The number of methoxy groups -OCH3 is 1. The fourth-order valence-corrected chi connectivity index (χ4v) is 3.31. The molecule has 36 heavy (non-hydrogen) atoms. The zero-order valence-electron chi connectivity index (χ0n) is 20.1. The normalized spacial score (nSPS) is 11.2. The molecule has 8 nitrogen and oxygen atoms in total. The highest BCUT2D eigenvalue weighted by atomic mass is 16.5. The van der Waals surface area contributed by atoms with Gasteiger partial charge in [-0.15, -0.1) is 0 Å². The average Bonchev–Trinajstić information content (AvgIpc) is 2.88. The first-order chi connectivity index (χ1) is 17.4. The van der Waals surface area contributed by atoms with Crippen LogP contribution in [0.15, 0.2) is 105 Å². The number of hydrogen-bond acceptors (Lipinski definition) is 7. The minimum Gasteiger partial charge on any atom is -0.508 e. The van der Waals surface area contributed by atoms with Crippen molar-refractivity contribution in [1.82, 2.24) is 0 Å². The monoisotopic (exact) mass is 479 g/mol. The Morgan fingerprint density at radius 2 is 1.36 bits per heavy atom. The Morgan fingerprint density at radius 1 is 0.750 bits per heavy atom. The van der Waals surface area contributed by atoms with Crippen molar-refractivity contribution < 1.29 is 14.6 Å². The van der Waals surface area contributed by atoms with Crippen LogP contribution in [0.25, 0.3) is 0 Å². The van der Waals surface area contributed by atoms with Gasteiger partial charge in [-0.2, -0.15) is 20.5 Å². The summed E-state index contributed by atoms with van der Waals surface area (Å²) >= 11 is 0. The Labute approximate surface area is 209 Å². The molecule has 0 saturated heterocycles. The number of nitrogens with one attached hydrogen (secondary N) is 1. The molecular weight excluding hydrogens is 454 g/mol. The van der Waals surface area contributed by atoms with Crippen LogP contribution in [0, 0.1) is 13.8 Å². The van der Waals surface area contributed by atoms with Gasteiger partial charge in [0, 0.05) is 11.6 Å². The predicted octanol–water partition coefficient (Wildman–Crippen LogP) is 8.10. The molecule has 0 spiro atoms. The lowest BCUT2D eigenvalue weighted by Gasteiger charge is -2.11. The van der Waals surface area contributed by atoms with Gasteiger partial charge in [0.05, 0.1) is 35.5 Å². The fourth-order valence-electron chi connectivity index (χ4n) is 3.31. The number of hydrogen-bond donors (Lipinski definition) is 2. The zero-order chi connectivity index (χ0) is 25.5. The van der Waals surface area contributed by atoms with Crippen molar-refractivity contribution in [2.24, 2.45) is 20.5 Å². The number of phenols is 1. The number of azo groups is 2. The average molecular weight is 480 g/mol. The number of amides is 1. The maximum absolute atomic E-state index is 12.8. The van der Waals surface area contributed by atoms with Crippen LogP contribution in [-0.2, 0) is 0 Å². The molecule has 0 heterocycles. The second-order valence-corrected chi connectivity index (χ2v) is 8.09. The van der Waals surface area contributed by atoms with Crippen molar-refractivity contribution in [3.05, 3.63) is 102 Å². The molecule has 8 heteroatoms. The van der Waals surface area contributed by atoms with Crippen molar-refractivity contribution in [3.63, 3.8) is 0 Å². The molecule has 0 bridgehead atoms. The van der Waals surface area contributed by atoms with Gasteiger partial charge in [-0.3, -0.25) is 4.79 Å². The van der Waals surface area contributed by atoms with Crippen LogP contribution in [0.3, 0.4) is 0 Å². The first-order valence-electron chi connectivity index (χ1n) is 11.2. The second kappa shape index (κ2) is 11.1. The number of rotatable bonds is 7. The van der Waals surface area contributed by atoms with E-state index < -0.39 is 0 Å². The number of aryl methyl sites for hydroxylation is 2. The van der Waals surface area contributed by atoms with Gasteiger partial charge in [0.15, 0.2) is 0 Å². The third-order valence-corrected chi connectivity index (χ3v) is 5.33. The summed E-state index contributed by atoms with van der Waals surface area (Å²) in [5.41, 5.74) is 5.54. The summed E-state index contributed by atoms with van der Waals surface area (Å²) in [5.74, 6) is 0.360. The van der Waals surface area contributed by atoms with Crippen LogP contribution < -0.4 is 10.1 Å². The first-order valence-corrected chi connectivity index (χ1v) is 11.2. The fraction of sp³-hybridized carbons (Fsp3) is 0.107. The predicted molar refractivity (Wildman–Crippen MR) is 140 cm³/mol. The van der Waals surface area contributed by atoms with E-state index in [1.54, 1.807) is 60.7 Å². The lowest BCUT2D eigenvalue weighted by Crippen LogP contribution is -2.12. The van der Waals surface area contributed by atoms with Gasteiger partial charge < -0.3 is 15.2 Å². The van der Waals surface area contributed by atoms with Gasteiger partial charge >= 0.3 is 0 Å². The van der Waals surface area contributed by atoms with Gasteiger partial charge in [-0.1, -0.05) is 17.7 Å². The van der Waals surface area contributed by atoms with E-state index in [2.05, 4.69) is 25.8 Å². The molecule has 1 amide bonds. The molecule has 0 aliphatic heterocycles.